The van der Waals surface area contributed by atoms with E-state index in [4.69, 9.17) is 12.2 Å². The first-order chi connectivity index (χ1) is 14.1. The molecular formula is C24H28N4S. The number of benzene rings is 1. The number of nitrogens with zero attached hydrogens (tertiary/aromatic N) is 3. The summed E-state index contributed by atoms with van der Waals surface area (Å²) < 4.78 is 2.41. The van der Waals surface area contributed by atoms with Crippen LogP contribution in [-0.4, -0.2) is 26.1 Å². The van der Waals surface area contributed by atoms with Crippen LogP contribution < -0.4 is 5.32 Å². The van der Waals surface area contributed by atoms with Crippen molar-refractivity contribution >= 4 is 17.3 Å². The lowest BCUT2D eigenvalue weighted by molar-refractivity contribution is 0.316. The number of aryl methyl sites for hydroxylation is 1. The molecule has 0 radical (unpaired) electrons. The third-order valence-corrected chi connectivity index (χ3v) is 6.13. The number of nitrogens with one attached hydrogen (secondary N) is 1. The van der Waals surface area contributed by atoms with E-state index >= 15 is 0 Å². The number of aromatic nitrogens is 2. The van der Waals surface area contributed by atoms with Crippen LogP contribution >= 0.6 is 12.2 Å². The van der Waals surface area contributed by atoms with Crippen molar-refractivity contribution in [3.8, 4) is 0 Å². The van der Waals surface area contributed by atoms with Crippen molar-refractivity contribution in [3.05, 3.63) is 89.0 Å². The maximum absolute atomic E-state index is 5.73. The molecule has 0 spiro atoms. The van der Waals surface area contributed by atoms with Gasteiger partial charge in [0.1, 0.15) is 0 Å². The van der Waals surface area contributed by atoms with E-state index in [0.29, 0.717) is 0 Å². The van der Waals surface area contributed by atoms with Gasteiger partial charge in [0, 0.05) is 30.7 Å². The lowest BCUT2D eigenvalue weighted by atomic mass is 9.96. The van der Waals surface area contributed by atoms with Crippen LogP contribution in [0.5, 0.6) is 0 Å². The normalized spacial score (nSPS) is 18.9. The first-order valence-electron chi connectivity index (χ1n) is 10.3. The Labute approximate surface area is 178 Å². The monoisotopic (exact) mass is 404 g/mol. The van der Waals surface area contributed by atoms with Crippen molar-refractivity contribution in [2.24, 2.45) is 0 Å². The van der Waals surface area contributed by atoms with Gasteiger partial charge in [-0.1, -0.05) is 43.3 Å². The number of rotatable bonds is 6. The molecule has 1 aliphatic heterocycles. The lowest BCUT2D eigenvalue weighted by Gasteiger charge is -2.27. The van der Waals surface area contributed by atoms with E-state index in [-0.39, 0.29) is 12.1 Å². The fourth-order valence-electron chi connectivity index (χ4n) is 4.36. The highest BCUT2D eigenvalue weighted by atomic mass is 32.1. The van der Waals surface area contributed by atoms with E-state index in [1.165, 1.54) is 22.5 Å². The Kier molecular flexibility index (Phi) is 5.67. The fourth-order valence-corrected chi connectivity index (χ4v) is 4.69. The van der Waals surface area contributed by atoms with Crippen LogP contribution in [0.3, 0.4) is 0 Å². The second kappa shape index (κ2) is 8.37. The predicted molar refractivity (Wildman–Crippen MR) is 122 cm³/mol. The van der Waals surface area contributed by atoms with Crippen molar-refractivity contribution in [2.75, 3.05) is 6.54 Å². The van der Waals surface area contributed by atoms with Crippen LogP contribution in [0.4, 0.5) is 0 Å². The number of thiocarbonyl (C=S) groups is 1. The molecule has 0 aliphatic carbocycles. The minimum absolute atomic E-state index is 0.0564. The molecule has 0 saturated carbocycles. The van der Waals surface area contributed by atoms with Crippen molar-refractivity contribution < 1.29 is 0 Å². The van der Waals surface area contributed by atoms with Gasteiger partial charge in [-0.3, -0.25) is 4.98 Å². The highest BCUT2D eigenvalue weighted by Gasteiger charge is 2.40. The Hall–Kier alpha value is -2.66. The Morgan fingerprint density at radius 3 is 2.52 bits per heavy atom. The second-order valence-corrected chi connectivity index (χ2v) is 8.10. The molecule has 0 bridgehead atoms. The van der Waals surface area contributed by atoms with E-state index in [1.807, 2.05) is 18.3 Å². The van der Waals surface area contributed by atoms with Crippen LogP contribution in [0.15, 0.2) is 60.8 Å². The van der Waals surface area contributed by atoms with Gasteiger partial charge in [0.25, 0.3) is 0 Å². The molecular weight excluding hydrogens is 376 g/mol. The third kappa shape index (κ3) is 3.79. The molecule has 4 rings (SSSR count). The van der Waals surface area contributed by atoms with E-state index in [1.54, 1.807) is 0 Å². The van der Waals surface area contributed by atoms with E-state index in [2.05, 4.69) is 83.0 Å². The summed E-state index contributed by atoms with van der Waals surface area (Å²) in [5.74, 6) is 0. The Bertz CT molecular complexity index is 981. The zero-order valence-corrected chi connectivity index (χ0v) is 18.1. The van der Waals surface area contributed by atoms with Crippen LogP contribution in [0, 0.1) is 13.8 Å². The molecule has 1 aliphatic rings. The molecule has 1 saturated heterocycles. The van der Waals surface area contributed by atoms with E-state index in [0.717, 1.165) is 30.3 Å². The van der Waals surface area contributed by atoms with Gasteiger partial charge in [0.15, 0.2) is 5.11 Å². The average Bonchev–Trinajstić information content (AvgIpc) is 3.21. The molecule has 3 aromatic rings. The summed E-state index contributed by atoms with van der Waals surface area (Å²) in [6, 6.07) is 19.3. The summed E-state index contributed by atoms with van der Waals surface area (Å²) in [7, 11) is 0. The van der Waals surface area contributed by atoms with E-state index < -0.39 is 0 Å². The number of hydrogen-bond acceptors (Lipinski definition) is 2. The fraction of sp³-hybridized carbons (Fsp3) is 0.333. The van der Waals surface area contributed by atoms with Crippen molar-refractivity contribution in [1.29, 1.82) is 0 Å². The quantitative estimate of drug-likeness (QED) is 0.591. The molecule has 1 aromatic carbocycles. The SMILES string of the molecule is CCCN1C(=S)N[C@H](c2ccccn2)[C@H]1c1cc(C)n(Cc2ccccc2)c1C. The largest absolute Gasteiger partial charge is 0.352 e. The first-order valence-corrected chi connectivity index (χ1v) is 10.7. The van der Waals surface area contributed by atoms with Crippen LogP contribution in [0.2, 0.25) is 0 Å². The molecule has 150 valence electrons. The second-order valence-electron chi connectivity index (χ2n) is 7.72. The van der Waals surface area contributed by atoms with Crippen LogP contribution in [0.25, 0.3) is 0 Å². The van der Waals surface area contributed by atoms with E-state index in [9.17, 15) is 0 Å². The minimum Gasteiger partial charge on any atom is -0.352 e. The Morgan fingerprint density at radius 2 is 1.83 bits per heavy atom. The third-order valence-electron chi connectivity index (χ3n) is 5.78. The molecule has 29 heavy (non-hydrogen) atoms. The van der Waals surface area contributed by atoms with Crippen molar-refractivity contribution in [3.63, 3.8) is 0 Å². The van der Waals surface area contributed by atoms with Gasteiger partial charge in [-0.2, -0.15) is 0 Å². The maximum atomic E-state index is 5.73. The molecule has 2 aromatic heterocycles. The molecule has 1 fully saturated rings. The minimum atomic E-state index is 0.0564. The van der Waals surface area contributed by atoms with Gasteiger partial charge >= 0.3 is 0 Å². The summed E-state index contributed by atoms with van der Waals surface area (Å²) in [6.45, 7) is 8.44. The summed E-state index contributed by atoms with van der Waals surface area (Å²) in [5.41, 5.74) is 6.24. The molecule has 0 amide bonds. The number of pyridine rings is 1. The lowest BCUT2D eigenvalue weighted by Crippen LogP contribution is -2.30. The predicted octanol–water partition coefficient (Wildman–Crippen LogP) is 4.93. The first kappa shape index (κ1) is 19.6. The molecule has 4 nitrogen and oxygen atoms in total. The Balaban J connectivity index is 1.75. The number of hydrogen-bond donors (Lipinski definition) is 1. The van der Waals surface area contributed by atoms with Gasteiger partial charge in [-0.25, -0.2) is 0 Å². The molecule has 2 atom stereocenters. The highest BCUT2D eigenvalue weighted by molar-refractivity contribution is 7.80. The Morgan fingerprint density at radius 1 is 1.07 bits per heavy atom. The van der Waals surface area contributed by atoms with Gasteiger partial charge in [-0.15, -0.1) is 0 Å². The zero-order chi connectivity index (χ0) is 20.4. The van der Waals surface area contributed by atoms with Crippen LogP contribution in [-0.2, 0) is 6.54 Å². The summed E-state index contributed by atoms with van der Waals surface area (Å²) in [5, 5.41) is 4.36. The average molecular weight is 405 g/mol. The van der Waals surface area contributed by atoms with Gasteiger partial charge < -0.3 is 14.8 Å². The summed E-state index contributed by atoms with van der Waals surface area (Å²) >= 11 is 5.73. The standard InChI is InChI=1S/C24H28N4S/c1-4-14-27-23(22(26-24(27)29)21-12-8-9-13-25-21)20-15-17(2)28(18(20)3)16-19-10-6-5-7-11-19/h5-13,15,22-23H,4,14,16H2,1-3H3,(H,26,29)/t22-,23-/m1/s1. The maximum Gasteiger partial charge on any atom is 0.170 e. The summed E-state index contributed by atoms with van der Waals surface area (Å²) in [6.07, 6.45) is 2.91. The van der Waals surface area contributed by atoms with Gasteiger partial charge in [-0.05, 0) is 61.8 Å². The van der Waals surface area contributed by atoms with Gasteiger partial charge in [0.2, 0.25) is 0 Å². The zero-order valence-electron chi connectivity index (χ0n) is 17.3. The molecule has 1 N–H and O–H groups in total. The smallest absolute Gasteiger partial charge is 0.170 e. The highest BCUT2D eigenvalue weighted by Crippen LogP contribution is 2.40. The van der Waals surface area contributed by atoms with Crippen molar-refractivity contribution in [1.82, 2.24) is 19.8 Å². The molecule has 0 unspecified atom stereocenters. The topological polar surface area (TPSA) is 33.1 Å². The van der Waals surface area contributed by atoms with Crippen LogP contribution in [0.1, 0.15) is 53.6 Å². The molecule has 5 heteroatoms. The van der Waals surface area contributed by atoms with Crippen molar-refractivity contribution in [2.45, 2.75) is 45.8 Å². The van der Waals surface area contributed by atoms with Gasteiger partial charge in [0.05, 0.1) is 17.8 Å². The molecule has 3 heterocycles. The summed E-state index contributed by atoms with van der Waals surface area (Å²) in [4.78, 5) is 6.97.